The Morgan fingerprint density at radius 3 is 2.00 bits per heavy atom. The summed E-state index contributed by atoms with van der Waals surface area (Å²) >= 11 is 0. The number of hydrogen-bond donors (Lipinski definition) is 1. The van der Waals surface area contributed by atoms with Crippen molar-refractivity contribution in [2.24, 2.45) is 5.92 Å². The van der Waals surface area contributed by atoms with Crippen LogP contribution in [0.5, 0.6) is 0 Å². The molecule has 0 aromatic rings. The number of hydrogen-bond acceptors (Lipinski definition) is 1. The van der Waals surface area contributed by atoms with Gasteiger partial charge in [0.1, 0.15) is 0 Å². The number of carboxylic acid groups (broad SMARTS) is 1. The molecule has 0 unspecified atom stereocenters. The first-order valence-corrected chi connectivity index (χ1v) is 2.03. The van der Waals surface area contributed by atoms with Crippen LogP contribution in [0.15, 0.2) is 0 Å². The van der Waals surface area contributed by atoms with E-state index in [1.54, 1.807) is 0 Å². The van der Waals surface area contributed by atoms with Crippen molar-refractivity contribution in [3.63, 3.8) is 0 Å². The summed E-state index contributed by atoms with van der Waals surface area (Å²) in [6.07, 6.45) is 1.80. The summed E-state index contributed by atoms with van der Waals surface area (Å²) in [4.78, 5) is 9.76. The van der Waals surface area contributed by atoms with Crippen molar-refractivity contribution < 1.29 is 9.90 Å². The third kappa shape index (κ3) is 2.77. The molecule has 1 rings (SSSR count). The Morgan fingerprint density at radius 2 is 2.00 bits per heavy atom. The zero-order valence-electron chi connectivity index (χ0n) is 3.35. The van der Waals surface area contributed by atoms with Gasteiger partial charge < -0.3 is 5.11 Å². The van der Waals surface area contributed by atoms with E-state index in [-0.39, 0.29) is 54.8 Å². The molecule has 0 spiro atoms. The summed E-state index contributed by atoms with van der Waals surface area (Å²) in [5, 5.41) is 8.05. The maximum atomic E-state index is 9.76. The summed E-state index contributed by atoms with van der Waals surface area (Å²) in [7, 11) is 0. The van der Waals surface area contributed by atoms with Crippen molar-refractivity contribution >= 4 is 54.9 Å². The first kappa shape index (κ1) is 8.04. The Hall–Kier alpha value is 1.04. The van der Waals surface area contributed by atoms with Crippen LogP contribution in [-0.4, -0.2) is 60.0 Å². The average Bonchev–Trinajstić information content (AvgIpc) is 2.06. The molecule has 1 fully saturated rings. The van der Waals surface area contributed by atoms with Gasteiger partial charge in [0.15, 0.2) is 0 Å². The number of carbonyl (C=O) groups is 1. The summed E-state index contributed by atoms with van der Waals surface area (Å²) in [6.45, 7) is 0. The van der Waals surface area contributed by atoms with Crippen LogP contribution in [0.2, 0.25) is 0 Å². The van der Waals surface area contributed by atoms with Crippen molar-refractivity contribution in [1.82, 2.24) is 0 Å². The van der Waals surface area contributed by atoms with E-state index in [1.165, 1.54) is 0 Å². The van der Waals surface area contributed by atoms with Crippen molar-refractivity contribution in [3.05, 3.63) is 0 Å². The predicted molar refractivity (Wildman–Crippen MR) is 28.9 cm³/mol. The fraction of sp³-hybridized carbons (Fsp3) is 0.750. The molecule has 0 amide bonds. The Balaban J connectivity index is 0.000000360. The molecule has 1 aliphatic carbocycles. The van der Waals surface area contributed by atoms with Crippen LogP contribution in [-0.2, 0) is 4.79 Å². The van der Waals surface area contributed by atoms with E-state index in [0.717, 1.165) is 12.8 Å². The topological polar surface area (TPSA) is 37.3 Å². The van der Waals surface area contributed by atoms with Crippen LogP contribution in [0, 0.1) is 5.92 Å². The van der Waals surface area contributed by atoms with Crippen LogP contribution in [0.25, 0.3) is 0 Å². The fourth-order valence-corrected chi connectivity index (χ4v) is 0.330. The van der Waals surface area contributed by atoms with E-state index >= 15 is 0 Å². The Bertz CT molecular complexity index is 77.8. The molecule has 2 nitrogen and oxygen atoms in total. The van der Waals surface area contributed by atoms with Gasteiger partial charge in [-0.1, -0.05) is 0 Å². The van der Waals surface area contributed by atoms with Gasteiger partial charge in [-0.2, -0.15) is 0 Å². The zero-order valence-corrected chi connectivity index (χ0v) is 3.35. The van der Waals surface area contributed by atoms with Crippen LogP contribution >= 0.6 is 0 Å². The summed E-state index contributed by atoms with van der Waals surface area (Å²) in [5.74, 6) is -0.611. The molecule has 1 N–H and O–H groups in total. The van der Waals surface area contributed by atoms with Gasteiger partial charge in [-0.3, -0.25) is 4.79 Å². The standard InChI is InChI=1S/C4H6O2.Ba.2H/c5-4(6)3-1-2-3;;;/h3H,1-2H2,(H,5,6);;;. The number of carboxylic acids is 1. The van der Waals surface area contributed by atoms with Gasteiger partial charge in [0.05, 0.1) is 5.92 Å². The third-order valence-corrected chi connectivity index (χ3v) is 0.927. The van der Waals surface area contributed by atoms with Gasteiger partial charge in [-0.25, -0.2) is 0 Å². The van der Waals surface area contributed by atoms with Gasteiger partial charge in [0, 0.05) is 0 Å². The quantitative estimate of drug-likeness (QED) is 0.615. The van der Waals surface area contributed by atoms with Crippen molar-refractivity contribution in [2.75, 3.05) is 0 Å². The molecule has 1 aliphatic rings. The molecular formula is C4H8BaO2. The fourth-order valence-electron chi connectivity index (χ4n) is 0.330. The zero-order chi connectivity index (χ0) is 4.57. The minimum absolute atomic E-state index is 0. The molecule has 0 aromatic carbocycles. The maximum absolute atomic E-state index is 9.76. The van der Waals surface area contributed by atoms with Crippen molar-refractivity contribution in [3.8, 4) is 0 Å². The first-order chi connectivity index (χ1) is 2.80. The average molecular weight is 225 g/mol. The predicted octanol–water partition coefficient (Wildman–Crippen LogP) is -0.435. The van der Waals surface area contributed by atoms with Crippen LogP contribution in [0.1, 0.15) is 12.8 Å². The minimum atomic E-state index is -0.630. The molecule has 0 bridgehead atoms. The Morgan fingerprint density at radius 1 is 1.57 bits per heavy atom. The van der Waals surface area contributed by atoms with Gasteiger partial charge in [0.2, 0.25) is 0 Å². The van der Waals surface area contributed by atoms with Crippen molar-refractivity contribution in [1.29, 1.82) is 0 Å². The molecule has 0 aromatic heterocycles. The second-order valence-electron chi connectivity index (χ2n) is 1.61. The van der Waals surface area contributed by atoms with E-state index in [1.807, 2.05) is 0 Å². The van der Waals surface area contributed by atoms with Gasteiger partial charge in [-0.05, 0) is 12.8 Å². The molecule has 1 saturated carbocycles. The number of aliphatic carboxylic acids is 1. The Labute approximate surface area is 82.4 Å². The van der Waals surface area contributed by atoms with Gasteiger partial charge in [0.25, 0.3) is 0 Å². The molecule has 0 atom stereocenters. The second kappa shape index (κ2) is 3.14. The molecule has 0 saturated heterocycles. The van der Waals surface area contributed by atoms with Crippen LogP contribution in [0.4, 0.5) is 0 Å². The van der Waals surface area contributed by atoms with E-state index < -0.39 is 5.97 Å². The first-order valence-electron chi connectivity index (χ1n) is 2.03. The monoisotopic (exact) mass is 226 g/mol. The summed E-state index contributed by atoms with van der Waals surface area (Å²) < 4.78 is 0. The normalized spacial score (nSPS) is 17.7. The van der Waals surface area contributed by atoms with Crippen molar-refractivity contribution in [2.45, 2.75) is 12.8 Å². The second-order valence-corrected chi connectivity index (χ2v) is 1.61. The summed E-state index contributed by atoms with van der Waals surface area (Å²) in [6, 6.07) is 0. The molecule has 0 heterocycles. The Kier molecular flexibility index (Phi) is 3.61. The van der Waals surface area contributed by atoms with E-state index in [2.05, 4.69) is 0 Å². The molecule has 3 heteroatoms. The molecule has 0 radical (unpaired) electrons. The SMILES string of the molecule is O=C(O)C1CC1.[BaH2]. The molecule has 38 valence electrons. The molecule has 7 heavy (non-hydrogen) atoms. The van der Waals surface area contributed by atoms with Gasteiger partial charge in [-0.15, -0.1) is 0 Å². The number of rotatable bonds is 1. The van der Waals surface area contributed by atoms with E-state index in [9.17, 15) is 4.79 Å². The van der Waals surface area contributed by atoms with Gasteiger partial charge >= 0.3 is 54.9 Å². The molecular weight excluding hydrogens is 217 g/mol. The summed E-state index contributed by atoms with van der Waals surface area (Å²) in [5.41, 5.74) is 0. The van der Waals surface area contributed by atoms with Crippen LogP contribution in [0.3, 0.4) is 0 Å². The third-order valence-electron chi connectivity index (χ3n) is 0.927. The molecule has 0 aliphatic heterocycles. The van der Waals surface area contributed by atoms with E-state index in [0.29, 0.717) is 0 Å². The van der Waals surface area contributed by atoms with Crippen LogP contribution < -0.4 is 0 Å². The van der Waals surface area contributed by atoms with E-state index in [4.69, 9.17) is 5.11 Å².